The molecule has 0 unspecified atom stereocenters. The third kappa shape index (κ3) is 1.69. The molecular weight excluding hydrogens is 198 g/mol. The number of nitrogens with one attached hydrogen (secondary N) is 1. The number of aromatic nitrogens is 1. The predicted octanol–water partition coefficient (Wildman–Crippen LogP) is 1.76. The summed E-state index contributed by atoms with van der Waals surface area (Å²) >= 11 is 0. The Morgan fingerprint density at radius 2 is 2.00 bits per heavy atom. The van der Waals surface area contributed by atoms with E-state index in [1.807, 2.05) is 0 Å². The molecule has 2 nitrogen and oxygen atoms in total. The molecule has 0 bridgehead atoms. The fourth-order valence-electron chi connectivity index (χ4n) is 1.37. The van der Waals surface area contributed by atoms with Gasteiger partial charge in [-0.2, -0.15) is 0 Å². The maximum atomic E-state index is 13.0. The molecule has 1 heterocycles. The molecule has 76 valence electrons. The molecule has 4 heteroatoms. The summed E-state index contributed by atoms with van der Waals surface area (Å²) in [7, 11) is 0. The van der Waals surface area contributed by atoms with E-state index in [2.05, 4.69) is 16.8 Å². The van der Waals surface area contributed by atoms with Gasteiger partial charge in [0.2, 0.25) is 0 Å². The van der Waals surface area contributed by atoms with Gasteiger partial charge in [0.15, 0.2) is 11.6 Å². The second kappa shape index (κ2) is 3.71. The van der Waals surface area contributed by atoms with Crippen molar-refractivity contribution in [2.75, 3.05) is 6.54 Å². The highest BCUT2D eigenvalue weighted by molar-refractivity contribution is 5.86. The Morgan fingerprint density at radius 1 is 1.27 bits per heavy atom. The summed E-state index contributed by atoms with van der Waals surface area (Å²) in [6.07, 6.45) is 1.60. The van der Waals surface area contributed by atoms with E-state index in [1.165, 1.54) is 0 Å². The molecule has 0 amide bonds. The van der Waals surface area contributed by atoms with E-state index in [0.29, 0.717) is 16.5 Å². The zero-order chi connectivity index (χ0) is 10.8. The second-order valence-corrected chi connectivity index (χ2v) is 3.02. The van der Waals surface area contributed by atoms with Crippen molar-refractivity contribution < 1.29 is 8.78 Å². The largest absolute Gasteiger partial charge is 0.360 e. The third-order valence-corrected chi connectivity index (χ3v) is 2.05. The molecule has 2 rings (SSSR count). The maximum Gasteiger partial charge on any atom is 0.160 e. The van der Waals surface area contributed by atoms with Crippen LogP contribution in [0.2, 0.25) is 0 Å². The van der Waals surface area contributed by atoms with Gasteiger partial charge in [0.05, 0.1) is 6.54 Å². The van der Waals surface area contributed by atoms with E-state index in [0.717, 1.165) is 12.1 Å². The molecule has 0 fully saturated rings. The first-order chi connectivity index (χ1) is 7.22. The number of H-pyrrole nitrogens is 1. The first-order valence-electron chi connectivity index (χ1n) is 4.37. The zero-order valence-corrected chi connectivity index (χ0v) is 7.77. The van der Waals surface area contributed by atoms with Crippen molar-refractivity contribution in [2.45, 2.75) is 0 Å². The van der Waals surface area contributed by atoms with Crippen LogP contribution in [0.15, 0.2) is 18.3 Å². The Morgan fingerprint density at radius 3 is 2.73 bits per heavy atom. The zero-order valence-electron chi connectivity index (χ0n) is 7.77. The summed E-state index contributed by atoms with van der Waals surface area (Å²) in [5.41, 5.74) is 6.37. The minimum Gasteiger partial charge on any atom is -0.360 e. The quantitative estimate of drug-likeness (QED) is 0.633. The Balaban J connectivity index is 2.64. The van der Waals surface area contributed by atoms with Crippen LogP contribution in [0.4, 0.5) is 8.78 Å². The SMILES string of the molecule is NCC#Cc1c[nH]c2cc(F)c(F)cc12. The molecule has 1 aromatic heterocycles. The molecule has 15 heavy (non-hydrogen) atoms. The number of fused-ring (bicyclic) bond motifs is 1. The summed E-state index contributed by atoms with van der Waals surface area (Å²) in [4.78, 5) is 2.82. The van der Waals surface area contributed by atoms with E-state index < -0.39 is 11.6 Å². The van der Waals surface area contributed by atoms with Gasteiger partial charge in [-0.05, 0) is 6.07 Å². The van der Waals surface area contributed by atoms with E-state index in [4.69, 9.17) is 5.73 Å². The molecule has 0 spiro atoms. The standard InChI is InChI=1S/C11H8F2N2/c12-9-4-8-7(2-1-3-14)6-15-11(8)5-10(9)13/h4-6,15H,3,14H2. The average Bonchev–Trinajstić information content (AvgIpc) is 2.59. The number of aromatic amines is 1. The van der Waals surface area contributed by atoms with Crippen molar-refractivity contribution in [3.05, 3.63) is 35.5 Å². The monoisotopic (exact) mass is 206 g/mol. The van der Waals surface area contributed by atoms with Crippen molar-refractivity contribution in [1.82, 2.24) is 4.98 Å². The predicted molar refractivity (Wildman–Crippen MR) is 54.1 cm³/mol. The first kappa shape index (κ1) is 9.69. The number of hydrogen-bond acceptors (Lipinski definition) is 1. The molecular formula is C11H8F2N2. The molecule has 1 aromatic carbocycles. The van der Waals surface area contributed by atoms with Crippen LogP contribution in [-0.2, 0) is 0 Å². The van der Waals surface area contributed by atoms with Crippen molar-refractivity contribution in [3.8, 4) is 11.8 Å². The first-order valence-corrected chi connectivity index (χ1v) is 4.37. The average molecular weight is 206 g/mol. The number of nitrogens with two attached hydrogens (primary N) is 1. The van der Waals surface area contributed by atoms with Crippen LogP contribution in [0.25, 0.3) is 10.9 Å². The van der Waals surface area contributed by atoms with Crippen LogP contribution in [0.5, 0.6) is 0 Å². The summed E-state index contributed by atoms with van der Waals surface area (Å²) in [5.74, 6) is 3.69. The number of benzene rings is 1. The molecule has 0 aliphatic carbocycles. The second-order valence-electron chi connectivity index (χ2n) is 3.02. The van der Waals surface area contributed by atoms with Gasteiger partial charge in [-0.3, -0.25) is 0 Å². The lowest BCUT2D eigenvalue weighted by molar-refractivity contribution is 0.511. The molecule has 0 saturated carbocycles. The van der Waals surface area contributed by atoms with Crippen molar-refractivity contribution >= 4 is 10.9 Å². The van der Waals surface area contributed by atoms with Gasteiger partial charge in [0.1, 0.15) is 0 Å². The Labute approximate surface area is 85.1 Å². The Hall–Kier alpha value is -1.86. The lowest BCUT2D eigenvalue weighted by Gasteiger charge is -1.93. The highest BCUT2D eigenvalue weighted by Gasteiger charge is 2.07. The molecule has 0 aliphatic heterocycles. The fourth-order valence-corrected chi connectivity index (χ4v) is 1.37. The lowest BCUT2D eigenvalue weighted by Crippen LogP contribution is -1.92. The summed E-state index contributed by atoms with van der Waals surface area (Å²) in [5, 5.41) is 0.565. The van der Waals surface area contributed by atoms with Crippen LogP contribution in [-0.4, -0.2) is 11.5 Å². The summed E-state index contributed by atoms with van der Waals surface area (Å²) < 4.78 is 25.8. The number of halogens is 2. The Bertz CT molecular complexity index is 561. The van der Waals surface area contributed by atoms with E-state index >= 15 is 0 Å². The smallest absolute Gasteiger partial charge is 0.160 e. The van der Waals surface area contributed by atoms with Crippen molar-refractivity contribution in [2.24, 2.45) is 5.73 Å². The maximum absolute atomic E-state index is 13.0. The van der Waals surface area contributed by atoms with Gasteiger partial charge < -0.3 is 10.7 Å². The molecule has 0 atom stereocenters. The molecule has 2 aromatic rings. The van der Waals surface area contributed by atoms with E-state index in [-0.39, 0.29) is 6.54 Å². The highest BCUT2D eigenvalue weighted by Crippen LogP contribution is 2.20. The van der Waals surface area contributed by atoms with Gasteiger partial charge in [0.25, 0.3) is 0 Å². The van der Waals surface area contributed by atoms with Gasteiger partial charge in [0, 0.05) is 28.7 Å². The van der Waals surface area contributed by atoms with Gasteiger partial charge in [-0.1, -0.05) is 11.8 Å². The van der Waals surface area contributed by atoms with Crippen molar-refractivity contribution in [1.29, 1.82) is 0 Å². The minimum atomic E-state index is -0.877. The van der Waals surface area contributed by atoms with Crippen molar-refractivity contribution in [3.63, 3.8) is 0 Å². The fraction of sp³-hybridized carbons (Fsp3) is 0.0909. The highest BCUT2D eigenvalue weighted by atomic mass is 19.2. The molecule has 0 radical (unpaired) electrons. The minimum absolute atomic E-state index is 0.232. The third-order valence-electron chi connectivity index (χ3n) is 2.05. The van der Waals surface area contributed by atoms with Crippen LogP contribution < -0.4 is 5.73 Å². The summed E-state index contributed by atoms with van der Waals surface area (Å²) in [6.45, 7) is 0.232. The number of rotatable bonds is 0. The van der Waals surface area contributed by atoms with Gasteiger partial charge in [-0.25, -0.2) is 8.78 Å². The topological polar surface area (TPSA) is 41.8 Å². The van der Waals surface area contributed by atoms with E-state index in [9.17, 15) is 8.78 Å². The van der Waals surface area contributed by atoms with Crippen LogP contribution in [0.1, 0.15) is 5.56 Å². The molecule has 0 aliphatic rings. The van der Waals surface area contributed by atoms with Crippen LogP contribution in [0, 0.1) is 23.5 Å². The van der Waals surface area contributed by atoms with Crippen LogP contribution >= 0.6 is 0 Å². The van der Waals surface area contributed by atoms with Gasteiger partial charge >= 0.3 is 0 Å². The number of hydrogen-bond donors (Lipinski definition) is 2. The van der Waals surface area contributed by atoms with E-state index in [1.54, 1.807) is 6.20 Å². The lowest BCUT2D eigenvalue weighted by atomic mass is 10.1. The Kier molecular flexibility index (Phi) is 2.40. The van der Waals surface area contributed by atoms with Crippen LogP contribution in [0.3, 0.4) is 0 Å². The summed E-state index contributed by atoms with van der Waals surface area (Å²) in [6, 6.07) is 2.24. The molecule has 3 N–H and O–H groups in total. The van der Waals surface area contributed by atoms with Gasteiger partial charge in [-0.15, -0.1) is 0 Å². The molecule has 0 saturated heterocycles. The normalized spacial score (nSPS) is 10.1.